The molecular weight excluding hydrogens is 426 g/mol. The predicted molar refractivity (Wildman–Crippen MR) is 116 cm³/mol. The zero-order chi connectivity index (χ0) is 21.5. The first-order chi connectivity index (χ1) is 14.5. The average Bonchev–Trinajstić information content (AvgIpc) is 2.74. The van der Waals surface area contributed by atoms with E-state index in [9.17, 15) is 14.4 Å². The van der Waals surface area contributed by atoms with Crippen LogP contribution in [0.4, 0.5) is 10.1 Å². The molecule has 3 aromatic rings. The van der Waals surface area contributed by atoms with E-state index >= 15 is 0 Å². The van der Waals surface area contributed by atoms with Crippen LogP contribution in [0.25, 0.3) is 6.08 Å². The van der Waals surface area contributed by atoms with Crippen molar-refractivity contribution in [2.45, 2.75) is 6.61 Å². The van der Waals surface area contributed by atoms with Crippen molar-refractivity contribution in [2.24, 2.45) is 0 Å². The Labute approximate surface area is 183 Å². The van der Waals surface area contributed by atoms with Crippen LogP contribution in [-0.2, 0) is 11.4 Å². The molecule has 0 fully saturated rings. The number of amides is 1. The van der Waals surface area contributed by atoms with Gasteiger partial charge in [-0.3, -0.25) is 4.79 Å². The first-order valence-electron chi connectivity index (χ1n) is 8.81. The van der Waals surface area contributed by atoms with Gasteiger partial charge < -0.3 is 10.1 Å². The topological polar surface area (TPSA) is 62.1 Å². The number of nitrogens with zero attached hydrogens (tertiary/aromatic N) is 1. The van der Waals surface area contributed by atoms with Gasteiger partial charge in [0.05, 0.1) is 10.7 Å². The molecule has 0 aliphatic carbocycles. The van der Waals surface area contributed by atoms with Crippen LogP contribution < -0.4 is 10.1 Å². The zero-order valence-corrected chi connectivity index (χ0v) is 17.0. The summed E-state index contributed by atoms with van der Waals surface area (Å²) >= 11 is 12.4. The van der Waals surface area contributed by atoms with E-state index in [1.165, 1.54) is 24.3 Å². The molecule has 3 rings (SSSR count). The number of hydrogen-bond acceptors (Lipinski definition) is 3. The summed E-state index contributed by atoms with van der Waals surface area (Å²) in [7, 11) is 0. The normalized spacial score (nSPS) is 10.9. The molecule has 1 amide bonds. The first-order valence-corrected chi connectivity index (χ1v) is 9.57. The standard InChI is InChI=1S/C23H15Cl2FN2O2/c24-18-6-2-1-5-16(18)14-30-22-10-9-15(12-19(22)25)11-17(13-27)23(29)28-21-8-4-3-7-20(21)26/h1-12H,14H2,(H,28,29). The third-order valence-electron chi connectivity index (χ3n) is 4.10. The molecule has 0 unspecified atom stereocenters. The molecule has 0 atom stereocenters. The Hall–Kier alpha value is -3.33. The van der Waals surface area contributed by atoms with Crippen LogP contribution in [0.2, 0.25) is 10.0 Å². The molecule has 1 N–H and O–H groups in total. The lowest BCUT2D eigenvalue weighted by atomic mass is 10.1. The molecular formula is C23H15Cl2FN2O2. The lowest BCUT2D eigenvalue weighted by molar-refractivity contribution is -0.112. The van der Waals surface area contributed by atoms with Gasteiger partial charge in [0.2, 0.25) is 0 Å². The minimum atomic E-state index is -0.724. The van der Waals surface area contributed by atoms with Crippen molar-refractivity contribution in [3.8, 4) is 11.8 Å². The van der Waals surface area contributed by atoms with Gasteiger partial charge in [-0.05, 0) is 42.0 Å². The maximum atomic E-state index is 13.7. The van der Waals surface area contributed by atoms with Crippen molar-refractivity contribution >= 4 is 40.9 Å². The molecule has 0 aromatic heterocycles. The highest BCUT2D eigenvalue weighted by Gasteiger charge is 2.12. The van der Waals surface area contributed by atoms with E-state index in [0.29, 0.717) is 21.4 Å². The predicted octanol–water partition coefficient (Wildman–Crippen LogP) is 6.26. The molecule has 0 bridgehead atoms. The van der Waals surface area contributed by atoms with Crippen LogP contribution in [0.5, 0.6) is 5.75 Å². The Morgan fingerprint density at radius 3 is 2.50 bits per heavy atom. The molecule has 0 aliphatic heterocycles. The van der Waals surface area contributed by atoms with Gasteiger partial charge in [0.15, 0.2) is 0 Å². The van der Waals surface area contributed by atoms with Gasteiger partial charge >= 0.3 is 0 Å². The Morgan fingerprint density at radius 1 is 1.07 bits per heavy atom. The van der Waals surface area contributed by atoms with Gasteiger partial charge in [0.1, 0.15) is 29.8 Å². The summed E-state index contributed by atoms with van der Waals surface area (Å²) in [6.07, 6.45) is 1.36. The van der Waals surface area contributed by atoms with Crippen LogP contribution in [0.1, 0.15) is 11.1 Å². The number of rotatable bonds is 6. The Bertz CT molecular complexity index is 1160. The minimum Gasteiger partial charge on any atom is -0.487 e. The van der Waals surface area contributed by atoms with Crippen LogP contribution in [0.15, 0.2) is 72.3 Å². The molecule has 4 nitrogen and oxygen atoms in total. The van der Waals surface area contributed by atoms with Crippen molar-refractivity contribution in [3.05, 3.63) is 99.3 Å². The van der Waals surface area contributed by atoms with Crippen molar-refractivity contribution in [2.75, 3.05) is 5.32 Å². The summed E-state index contributed by atoms with van der Waals surface area (Å²) in [5.74, 6) is -0.882. The number of para-hydroxylation sites is 1. The number of nitriles is 1. The fourth-order valence-corrected chi connectivity index (χ4v) is 3.00. The SMILES string of the molecule is N#CC(=Cc1ccc(OCc2ccccc2Cl)c(Cl)c1)C(=O)Nc1ccccc1F. The van der Waals surface area contributed by atoms with Gasteiger partial charge in [-0.1, -0.05) is 59.6 Å². The Balaban J connectivity index is 1.73. The number of ether oxygens (including phenoxy) is 1. The summed E-state index contributed by atoms with van der Waals surface area (Å²) in [5, 5.41) is 12.6. The number of carbonyl (C=O) groups is 1. The first kappa shape index (κ1) is 21.4. The van der Waals surface area contributed by atoms with E-state index in [-0.39, 0.29) is 17.9 Å². The minimum absolute atomic E-state index is 0.00926. The molecule has 0 aliphatic rings. The van der Waals surface area contributed by atoms with Crippen molar-refractivity contribution in [1.29, 1.82) is 5.26 Å². The molecule has 7 heteroatoms. The van der Waals surface area contributed by atoms with Gasteiger partial charge in [0, 0.05) is 10.6 Å². The number of nitrogens with one attached hydrogen (secondary N) is 1. The quantitative estimate of drug-likeness (QED) is 0.363. The van der Waals surface area contributed by atoms with Gasteiger partial charge in [-0.2, -0.15) is 5.26 Å². The number of carbonyl (C=O) groups excluding carboxylic acids is 1. The highest BCUT2D eigenvalue weighted by molar-refractivity contribution is 6.32. The van der Waals surface area contributed by atoms with Crippen molar-refractivity contribution in [1.82, 2.24) is 0 Å². The third-order valence-corrected chi connectivity index (χ3v) is 4.76. The lowest BCUT2D eigenvalue weighted by Gasteiger charge is -2.10. The monoisotopic (exact) mass is 440 g/mol. The number of halogens is 3. The van der Waals surface area contributed by atoms with Gasteiger partial charge in [-0.25, -0.2) is 4.39 Å². The number of benzene rings is 3. The van der Waals surface area contributed by atoms with Crippen molar-refractivity contribution < 1.29 is 13.9 Å². The summed E-state index contributed by atoms with van der Waals surface area (Å²) in [4.78, 5) is 12.3. The van der Waals surface area contributed by atoms with Crippen LogP contribution in [-0.4, -0.2) is 5.91 Å². The van der Waals surface area contributed by atoms with E-state index < -0.39 is 11.7 Å². The molecule has 0 heterocycles. The van der Waals surface area contributed by atoms with E-state index in [2.05, 4.69) is 5.32 Å². The third kappa shape index (κ3) is 5.38. The molecule has 0 radical (unpaired) electrons. The molecule has 150 valence electrons. The number of anilines is 1. The van der Waals surface area contributed by atoms with E-state index in [0.717, 1.165) is 5.56 Å². The second-order valence-electron chi connectivity index (χ2n) is 6.17. The second-order valence-corrected chi connectivity index (χ2v) is 6.99. The highest BCUT2D eigenvalue weighted by atomic mass is 35.5. The highest BCUT2D eigenvalue weighted by Crippen LogP contribution is 2.28. The number of hydrogen-bond donors (Lipinski definition) is 1. The van der Waals surface area contributed by atoms with Crippen molar-refractivity contribution in [3.63, 3.8) is 0 Å². The molecule has 30 heavy (non-hydrogen) atoms. The second kappa shape index (κ2) is 9.93. The van der Waals surface area contributed by atoms with E-state index in [1.54, 1.807) is 30.3 Å². The lowest BCUT2D eigenvalue weighted by Crippen LogP contribution is -2.14. The summed E-state index contributed by atoms with van der Waals surface area (Å²) in [6.45, 7) is 0.239. The van der Waals surface area contributed by atoms with Gasteiger partial charge in [-0.15, -0.1) is 0 Å². The molecule has 0 spiro atoms. The zero-order valence-electron chi connectivity index (χ0n) is 15.5. The molecule has 0 saturated carbocycles. The van der Waals surface area contributed by atoms with Gasteiger partial charge in [0.25, 0.3) is 5.91 Å². The summed E-state index contributed by atoms with van der Waals surface area (Å²) < 4.78 is 19.4. The Kier molecular flexibility index (Phi) is 7.08. The van der Waals surface area contributed by atoms with Crippen LogP contribution >= 0.6 is 23.2 Å². The largest absolute Gasteiger partial charge is 0.487 e. The fraction of sp³-hybridized carbons (Fsp3) is 0.0435. The summed E-state index contributed by atoms with van der Waals surface area (Å²) in [6, 6.07) is 19.7. The van der Waals surface area contributed by atoms with E-state index in [4.69, 9.17) is 27.9 Å². The maximum Gasteiger partial charge on any atom is 0.266 e. The smallest absolute Gasteiger partial charge is 0.266 e. The van der Waals surface area contributed by atoms with Crippen LogP contribution in [0, 0.1) is 17.1 Å². The maximum absolute atomic E-state index is 13.7. The Morgan fingerprint density at radius 2 is 1.80 bits per heavy atom. The molecule has 3 aromatic carbocycles. The molecule has 0 saturated heterocycles. The van der Waals surface area contributed by atoms with E-state index in [1.807, 2.05) is 24.3 Å². The fourth-order valence-electron chi connectivity index (χ4n) is 2.56. The van der Waals surface area contributed by atoms with Crippen LogP contribution in [0.3, 0.4) is 0 Å². The summed E-state index contributed by atoms with van der Waals surface area (Å²) in [5.41, 5.74) is 1.13. The average molecular weight is 441 g/mol.